The Balaban J connectivity index is 2.04. The Morgan fingerprint density at radius 2 is 2.00 bits per heavy atom. The van der Waals surface area contributed by atoms with Gasteiger partial charge in [0.05, 0.1) is 0 Å². The average molecular weight is 293 g/mol. The maximum Gasteiger partial charge on any atom is 0.246 e. The maximum atomic E-state index is 12.3. The topological polar surface area (TPSA) is 32.3 Å². The lowest BCUT2D eigenvalue weighted by Crippen LogP contribution is -2.43. The molecule has 0 aliphatic carbocycles. The molecule has 0 saturated carbocycles. The number of nitrogens with one attached hydrogen (secondary N) is 1. The van der Waals surface area contributed by atoms with Crippen LogP contribution in [0.1, 0.15) is 25.3 Å². The number of piperidine rings is 1. The van der Waals surface area contributed by atoms with Crippen LogP contribution in [0.5, 0.6) is 0 Å². The third-order valence-electron chi connectivity index (χ3n) is 3.85. The van der Waals surface area contributed by atoms with E-state index in [1.165, 1.54) is 0 Å². The van der Waals surface area contributed by atoms with E-state index in [9.17, 15) is 4.79 Å². The molecule has 1 aliphatic heterocycles. The van der Waals surface area contributed by atoms with Gasteiger partial charge in [-0.2, -0.15) is 0 Å². The number of rotatable bonds is 3. The molecule has 1 saturated heterocycles. The summed E-state index contributed by atoms with van der Waals surface area (Å²) in [7, 11) is 1.98. The molecular weight excluding hydrogens is 272 g/mol. The summed E-state index contributed by atoms with van der Waals surface area (Å²) in [5.41, 5.74) is 1.84. The summed E-state index contributed by atoms with van der Waals surface area (Å²) >= 11 is 6.15. The zero-order valence-electron chi connectivity index (χ0n) is 12.0. The van der Waals surface area contributed by atoms with E-state index in [0.29, 0.717) is 11.1 Å². The molecule has 0 atom stereocenters. The molecule has 0 aromatic heterocycles. The summed E-state index contributed by atoms with van der Waals surface area (Å²) in [6.07, 6.45) is 3.73. The van der Waals surface area contributed by atoms with Crippen molar-refractivity contribution < 1.29 is 4.79 Å². The van der Waals surface area contributed by atoms with Crippen molar-refractivity contribution in [1.29, 1.82) is 0 Å². The number of benzene rings is 1. The minimum atomic E-state index is 0.0805. The van der Waals surface area contributed by atoms with Crippen LogP contribution in [0, 0.1) is 0 Å². The second-order valence-corrected chi connectivity index (χ2v) is 5.60. The van der Waals surface area contributed by atoms with E-state index >= 15 is 0 Å². The third kappa shape index (κ3) is 3.62. The monoisotopic (exact) mass is 292 g/mol. The van der Waals surface area contributed by atoms with Gasteiger partial charge < -0.3 is 10.2 Å². The number of hydrogen-bond acceptors (Lipinski definition) is 2. The van der Waals surface area contributed by atoms with Gasteiger partial charge in [0.25, 0.3) is 0 Å². The minimum Gasteiger partial charge on any atom is -0.339 e. The van der Waals surface area contributed by atoms with Crippen LogP contribution in [-0.4, -0.2) is 37.0 Å². The number of halogens is 1. The van der Waals surface area contributed by atoms with Gasteiger partial charge in [0, 0.05) is 30.2 Å². The summed E-state index contributed by atoms with van der Waals surface area (Å²) < 4.78 is 0. The zero-order chi connectivity index (χ0) is 14.5. The molecule has 108 valence electrons. The van der Waals surface area contributed by atoms with Gasteiger partial charge in [-0.1, -0.05) is 29.8 Å². The Morgan fingerprint density at radius 1 is 1.35 bits per heavy atom. The summed E-state index contributed by atoms with van der Waals surface area (Å²) in [6, 6.07) is 8.14. The van der Waals surface area contributed by atoms with Gasteiger partial charge in [-0.05, 0) is 44.0 Å². The molecule has 1 fully saturated rings. The predicted molar refractivity (Wildman–Crippen MR) is 83.8 cm³/mol. The van der Waals surface area contributed by atoms with Crippen LogP contribution in [0.15, 0.2) is 30.3 Å². The largest absolute Gasteiger partial charge is 0.339 e. The van der Waals surface area contributed by atoms with Crippen LogP contribution in [0.2, 0.25) is 5.02 Å². The van der Waals surface area contributed by atoms with Gasteiger partial charge >= 0.3 is 0 Å². The molecule has 2 rings (SSSR count). The molecule has 0 spiro atoms. The van der Waals surface area contributed by atoms with E-state index in [0.717, 1.165) is 37.1 Å². The molecule has 0 bridgehead atoms. The number of hydrogen-bond donors (Lipinski definition) is 1. The van der Waals surface area contributed by atoms with E-state index in [1.807, 2.05) is 43.1 Å². The number of nitrogens with zero attached hydrogens (tertiary/aromatic N) is 1. The minimum absolute atomic E-state index is 0.0805. The van der Waals surface area contributed by atoms with Crippen LogP contribution in [-0.2, 0) is 4.79 Å². The lowest BCUT2D eigenvalue weighted by molar-refractivity contribution is -0.127. The van der Waals surface area contributed by atoms with Gasteiger partial charge in [0.1, 0.15) is 0 Å². The van der Waals surface area contributed by atoms with Gasteiger partial charge in [0.15, 0.2) is 0 Å². The lowest BCUT2D eigenvalue weighted by atomic mass is 10.0. The second kappa shape index (κ2) is 6.91. The van der Waals surface area contributed by atoms with E-state index in [-0.39, 0.29) is 5.91 Å². The molecule has 20 heavy (non-hydrogen) atoms. The fourth-order valence-corrected chi connectivity index (χ4v) is 2.81. The van der Waals surface area contributed by atoms with Crippen molar-refractivity contribution in [2.45, 2.75) is 25.8 Å². The van der Waals surface area contributed by atoms with Crippen molar-refractivity contribution in [3.63, 3.8) is 0 Å². The number of allylic oxidation sites excluding steroid dienone is 1. The first-order valence-corrected chi connectivity index (χ1v) is 7.39. The summed E-state index contributed by atoms with van der Waals surface area (Å²) in [4.78, 5) is 14.2. The Kier molecular flexibility index (Phi) is 5.21. The van der Waals surface area contributed by atoms with Crippen LogP contribution in [0.4, 0.5) is 0 Å². The number of amides is 1. The second-order valence-electron chi connectivity index (χ2n) is 5.20. The van der Waals surface area contributed by atoms with Gasteiger partial charge in [0.2, 0.25) is 5.91 Å². The van der Waals surface area contributed by atoms with Crippen molar-refractivity contribution in [2.75, 3.05) is 20.1 Å². The number of carbonyl (C=O) groups is 1. The lowest BCUT2D eigenvalue weighted by Gasteiger charge is -2.31. The fraction of sp³-hybridized carbons (Fsp3) is 0.438. The summed E-state index contributed by atoms with van der Waals surface area (Å²) in [6.45, 7) is 3.56. The van der Waals surface area contributed by atoms with Crippen molar-refractivity contribution in [1.82, 2.24) is 10.2 Å². The highest BCUT2D eigenvalue weighted by molar-refractivity contribution is 6.32. The molecule has 0 unspecified atom stereocenters. The molecule has 1 aromatic carbocycles. The van der Waals surface area contributed by atoms with Crippen LogP contribution < -0.4 is 5.32 Å². The maximum absolute atomic E-state index is 12.3. The van der Waals surface area contributed by atoms with E-state index in [1.54, 1.807) is 6.08 Å². The average Bonchev–Trinajstić information content (AvgIpc) is 2.47. The van der Waals surface area contributed by atoms with Crippen LogP contribution >= 0.6 is 11.6 Å². The molecule has 1 heterocycles. The Bertz CT molecular complexity index is 505. The highest BCUT2D eigenvalue weighted by Gasteiger charge is 2.20. The SMILES string of the molecule is CNC1CCN(C(=O)/C=C(/C)c2ccccc2Cl)CC1. The van der Waals surface area contributed by atoms with Crippen LogP contribution in [0.25, 0.3) is 5.57 Å². The zero-order valence-corrected chi connectivity index (χ0v) is 12.8. The van der Waals surface area contributed by atoms with Crippen molar-refractivity contribution in [2.24, 2.45) is 0 Å². The van der Waals surface area contributed by atoms with E-state index in [2.05, 4.69) is 5.32 Å². The standard InChI is InChI=1S/C16H21ClN2O/c1-12(14-5-3-4-6-15(14)17)11-16(20)19-9-7-13(18-2)8-10-19/h3-6,11,13,18H,7-10H2,1-2H3/b12-11-. The van der Waals surface area contributed by atoms with Gasteiger partial charge in [-0.25, -0.2) is 0 Å². The van der Waals surface area contributed by atoms with Crippen molar-refractivity contribution in [3.05, 3.63) is 40.9 Å². The smallest absolute Gasteiger partial charge is 0.246 e. The Morgan fingerprint density at radius 3 is 2.60 bits per heavy atom. The highest BCUT2D eigenvalue weighted by atomic mass is 35.5. The summed E-state index contributed by atoms with van der Waals surface area (Å²) in [5, 5.41) is 3.95. The molecular formula is C16H21ClN2O. The fourth-order valence-electron chi connectivity index (χ4n) is 2.52. The van der Waals surface area contributed by atoms with Crippen molar-refractivity contribution in [3.8, 4) is 0 Å². The Hall–Kier alpha value is -1.32. The number of likely N-dealkylation sites (tertiary alicyclic amines) is 1. The molecule has 3 nitrogen and oxygen atoms in total. The molecule has 1 aliphatic rings. The highest BCUT2D eigenvalue weighted by Crippen LogP contribution is 2.23. The van der Waals surface area contributed by atoms with Gasteiger partial charge in [-0.15, -0.1) is 0 Å². The summed E-state index contributed by atoms with van der Waals surface area (Å²) in [5.74, 6) is 0.0805. The quantitative estimate of drug-likeness (QED) is 0.869. The predicted octanol–water partition coefficient (Wildman–Crippen LogP) is 2.95. The first-order valence-electron chi connectivity index (χ1n) is 7.01. The van der Waals surface area contributed by atoms with E-state index in [4.69, 9.17) is 11.6 Å². The van der Waals surface area contributed by atoms with Crippen LogP contribution in [0.3, 0.4) is 0 Å². The first kappa shape index (κ1) is 15.1. The normalized spacial score (nSPS) is 17.4. The Labute approximate surface area is 125 Å². The molecule has 1 amide bonds. The third-order valence-corrected chi connectivity index (χ3v) is 4.18. The molecule has 1 N–H and O–H groups in total. The van der Waals surface area contributed by atoms with Crippen molar-refractivity contribution >= 4 is 23.1 Å². The van der Waals surface area contributed by atoms with E-state index < -0.39 is 0 Å². The molecule has 4 heteroatoms. The molecule has 0 radical (unpaired) electrons. The van der Waals surface area contributed by atoms with Gasteiger partial charge in [-0.3, -0.25) is 4.79 Å². The first-order chi connectivity index (χ1) is 9.61. The molecule has 1 aromatic rings. The number of carbonyl (C=O) groups excluding carboxylic acids is 1.